The highest BCUT2D eigenvalue weighted by atomic mass is 32.1. The smallest absolute Gasteiger partial charge is 0.233 e. The number of ether oxygens (including phenoxy) is 1. The minimum atomic E-state index is 0.0698. The number of fused-ring (bicyclic) bond motifs is 1. The number of piperidine rings is 1. The molecule has 0 atom stereocenters. The lowest BCUT2D eigenvalue weighted by molar-refractivity contribution is 0.160. The molecule has 1 aliphatic rings. The molecular formula is C26H31N7OS. The largest absolute Gasteiger partial charge is 0.480 e. The molecule has 0 unspecified atom stereocenters. The average Bonchev–Trinajstić information content (AvgIpc) is 3.31. The van der Waals surface area contributed by atoms with Crippen molar-refractivity contribution in [2.75, 3.05) is 19.1 Å². The molecule has 3 aromatic heterocycles. The number of methoxy groups -OCH3 is 1. The van der Waals surface area contributed by atoms with E-state index in [1.807, 2.05) is 17.6 Å². The van der Waals surface area contributed by atoms with Gasteiger partial charge in [0, 0.05) is 46.9 Å². The summed E-state index contributed by atoms with van der Waals surface area (Å²) in [6.45, 7) is 9.07. The van der Waals surface area contributed by atoms with Crippen molar-refractivity contribution in [3.05, 3.63) is 42.0 Å². The lowest BCUT2D eigenvalue weighted by atomic mass is 9.79. The van der Waals surface area contributed by atoms with Crippen molar-refractivity contribution in [1.82, 2.24) is 30.7 Å². The molecule has 1 N–H and O–H groups in total. The molecule has 0 saturated carbocycles. The Bertz CT molecular complexity index is 1330. The van der Waals surface area contributed by atoms with E-state index in [9.17, 15) is 0 Å². The van der Waals surface area contributed by atoms with Gasteiger partial charge in [0.05, 0.1) is 34.7 Å². The Labute approximate surface area is 209 Å². The van der Waals surface area contributed by atoms with Gasteiger partial charge in [0.1, 0.15) is 0 Å². The number of anilines is 1. The van der Waals surface area contributed by atoms with Crippen molar-refractivity contribution in [3.63, 3.8) is 0 Å². The molecule has 1 fully saturated rings. The molecule has 35 heavy (non-hydrogen) atoms. The first kappa shape index (κ1) is 23.6. The molecule has 0 bridgehead atoms. The van der Waals surface area contributed by atoms with Crippen LogP contribution in [0, 0.1) is 0 Å². The molecule has 4 heterocycles. The third-order valence-electron chi connectivity index (χ3n) is 6.64. The summed E-state index contributed by atoms with van der Waals surface area (Å²) < 4.78 is 6.32. The monoisotopic (exact) mass is 489 g/mol. The fraction of sp³-hybridized carbons (Fsp3) is 0.423. The van der Waals surface area contributed by atoms with Crippen molar-refractivity contribution in [2.45, 2.75) is 57.7 Å². The molecule has 0 spiro atoms. The summed E-state index contributed by atoms with van der Waals surface area (Å²) in [7, 11) is 3.71. The first-order valence-corrected chi connectivity index (χ1v) is 12.6. The summed E-state index contributed by atoms with van der Waals surface area (Å²) >= 11 is 1.59. The van der Waals surface area contributed by atoms with E-state index in [4.69, 9.17) is 4.74 Å². The molecule has 182 valence electrons. The average molecular weight is 490 g/mol. The zero-order valence-electron chi connectivity index (χ0n) is 21.0. The van der Waals surface area contributed by atoms with E-state index in [1.54, 1.807) is 24.6 Å². The minimum Gasteiger partial charge on any atom is -0.480 e. The van der Waals surface area contributed by atoms with Gasteiger partial charge in [0.2, 0.25) is 5.88 Å². The summed E-state index contributed by atoms with van der Waals surface area (Å²) in [6.07, 6.45) is 3.84. The lowest BCUT2D eigenvalue weighted by Gasteiger charge is -2.49. The van der Waals surface area contributed by atoms with Crippen LogP contribution >= 0.6 is 11.3 Å². The fourth-order valence-corrected chi connectivity index (χ4v) is 6.22. The molecule has 4 aromatic rings. The molecule has 1 aliphatic heterocycles. The third-order valence-corrected chi connectivity index (χ3v) is 7.50. The molecule has 0 aliphatic carbocycles. The molecule has 0 amide bonds. The zero-order valence-corrected chi connectivity index (χ0v) is 21.8. The number of thiazole rings is 1. The van der Waals surface area contributed by atoms with Gasteiger partial charge in [-0.05, 0) is 58.7 Å². The predicted octanol–water partition coefficient (Wildman–Crippen LogP) is 4.96. The highest BCUT2D eigenvalue weighted by molar-refractivity contribution is 7.17. The van der Waals surface area contributed by atoms with Crippen LogP contribution in [0.4, 0.5) is 5.82 Å². The van der Waals surface area contributed by atoms with Gasteiger partial charge in [-0.15, -0.1) is 26.6 Å². The zero-order chi connectivity index (χ0) is 24.8. The van der Waals surface area contributed by atoms with Gasteiger partial charge in [0.15, 0.2) is 5.82 Å². The van der Waals surface area contributed by atoms with Gasteiger partial charge in [-0.2, -0.15) is 5.10 Å². The van der Waals surface area contributed by atoms with Crippen LogP contribution in [-0.2, 0) is 0 Å². The molecule has 1 aromatic carbocycles. The fourth-order valence-electron chi connectivity index (χ4n) is 5.36. The number of rotatable bonds is 5. The second kappa shape index (κ2) is 8.80. The number of aromatic nitrogens is 5. The van der Waals surface area contributed by atoms with E-state index in [0.29, 0.717) is 11.9 Å². The minimum absolute atomic E-state index is 0.0698. The quantitative estimate of drug-likeness (QED) is 0.421. The maximum Gasteiger partial charge on any atom is 0.233 e. The number of hydrogen-bond donors (Lipinski definition) is 1. The van der Waals surface area contributed by atoms with Crippen LogP contribution in [0.1, 0.15) is 40.5 Å². The van der Waals surface area contributed by atoms with Gasteiger partial charge < -0.3 is 15.0 Å². The number of nitrogens with one attached hydrogen (secondary N) is 1. The van der Waals surface area contributed by atoms with Gasteiger partial charge >= 0.3 is 0 Å². The Morgan fingerprint density at radius 2 is 1.74 bits per heavy atom. The third kappa shape index (κ3) is 4.70. The highest BCUT2D eigenvalue weighted by Gasteiger charge is 2.39. The van der Waals surface area contributed by atoms with Gasteiger partial charge in [-0.1, -0.05) is 6.07 Å². The van der Waals surface area contributed by atoms with Crippen LogP contribution in [0.15, 0.2) is 42.0 Å². The molecule has 9 heteroatoms. The number of nitrogens with zero attached hydrogens (tertiary/aromatic N) is 6. The summed E-state index contributed by atoms with van der Waals surface area (Å²) in [6, 6.07) is 10.5. The lowest BCUT2D eigenvalue weighted by Crippen LogP contribution is -2.62. The normalized spacial score (nSPS) is 17.4. The van der Waals surface area contributed by atoms with Gasteiger partial charge in [-0.3, -0.25) is 0 Å². The molecular weight excluding hydrogens is 458 g/mol. The van der Waals surface area contributed by atoms with Gasteiger partial charge in [0.25, 0.3) is 0 Å². The standard InChI is InChI=1S/C26H31N7OS/c1-25(2)12-17(13-26(3,4)32-25)33(5)21-10-9-20(29-30-21)19-8-7-18(24-23(19)27-15-35-24)16-11-22(34-6)31-28-14-16/h7-11,14-15,17,32H,12-13H2,1-6H3. The summed E-state index contributed by atoms with van der Waals surface area (Å²) in [5, 5.41) is 21.0. The van der Waals surface area contributed by atoms with Gasteiger partial charge in [-0.25, -0.2) is 4.98 Å². The Morgan fingerprint density at radius 1 is 1.00 bits per heavy atom. The first-order chi connectivity index (χ1) is 16.7. The highest BCUT2D eigenvalue weighted by Crippen LogP contribution is 2.37. The van der Waals surface area contributed by atoms with Crippen molar-refractivity contribution < 1.29 is 4.74 Å². The van der Waals surface area contributed by atoms with Crippen LogP contribution in [0.25, 0.3) is 32.6 Å². The van der Waals surface area contributed by atoms with Crippen molar-refractivity contribution in [3.8, 4) is 28.3 Å². The van der Waals surface area contributed by atoms with E-state index in [1.165, 1.54) is 0 Å². The van der Waals surface area contributed by atoms with Crippen LogP contribution in [0.2, 0.25) is 0 Å². The molecule has 1 saturated heterocycles. The Hall–Kier alpha value is -3.17. The summed E-state index contributed by atoms with van der Waals surface area (Å²) in [5.41, 5.74) is 6.65. The predicted molar refractivity (Wildman–Crippen MR) is 141 cm³/mol. The van der Waals surface area contributed by atoms with Crippen LogP contribution in [-0.4, -0.2) is 56.7 Å². The summed E-state index contributed by atoms with van der Waals surface area (Å²) in [5.74, 6) is 1.36. The second-order valence-electron chi connectivity index (χ2n) is 10.5. The van der Waals surface area contributed by atoms with E-state index >= 15 is 0 Å². The number of benzene rings is 1. The Kier molecular flexibility index (Phi) is 5.93. The van der Waals surface area contributed by atoms with E-state index in [2.05, 4.69) is 88.5 Å². The first-order valence-electron chi connectivity index (χ1n) is 11.8. The van der Waals surface area contributed by atoms with E-state index < -0.39 is 0 Å². The van der Waals surface area contributed by atoms with Crippen molar-refractivity contribution >= 4 is 27.4 Å². The SMILES string of the molecule is COc1cc(-c2ccc(-c3ccc(N(C)C4CC(C)(C)NC(C)(C)C4)nn3)c3ncsc23)cnn1. The topological polar surface area (TPSA) is 89.0 Å². The van der Waals surface area contributed by atoms with E-state index in [-0.39, 0.29) is 11.1 Å². The number of hydrogen-bond acceptors (Lipinski definition) is 9. The van der Waals surface area contributed by atoms with E-state index in [0.717, 1.165) is 51.3 Å². The maximum atomic E-state index is 5.25. The molecule has 8 nitrogen and oxygen atoms in total. The molecule has 5 rings (SSSR count). The van der Waals surface area contributed by atoms with Crippen LogP contribution in [0.3, 0.4) is 0 Å². The maximum absolute atomic E-state index is 5.25. The molecule has 0 radical (unpaired) electrons. The van der Waals surface area contributed by atoms with Crippen molar-refractivity contribution in [1.29, 1.82) is 0 Å². The van der Waals surface area contributed by atoms with Crippen molar-refractivity contribution in [2.24, 2.45) is 0 Å². The Balaban J connectivity index is 1.44. The Morgan fingerprint density at radius 3 is 2.43 bits per heavy atom. The van der Waals surface area contributed by atoms with Crippen LogP contribution in [0.5, 0.6) is 5.88 Å². The summed E-state index contributed by atoms with van der Waals surface area (Å²) in [4.78, 5) is 6.92. The van der Waals surface area contributed by atoms with Crippen LogP contribution < -0.4 is 15.0 Å². The second-order valence-corrected chi connectivity index (χ2v) is 11.4.